The van der Waals surface area contributed by atoms with E-state index in [9.17, 15) is 0 Å². The molecule has 4 N–H and O–H groups in total. The molecule has 0 aromatic heterocycles. The molecule has 0 aliphatic carbocycles. The van der Waals surface area contributed by atoms with E-state index in [1.165, 1.54) is 25.7 Å². The van der Waals surface area contributed by atoms with Crippen LogP contribution in [0.2, 0.25) is 0 Å². The van der Waals surface area contributed by atoms with Crippen LogP contribution in [0.1, 0.15) is 25.7 Å². The summed E-state index contributed by atoms with van der Waals surface area (Å²) in [6.07, 6.45) is 5.38. The van der Waals surface area contributed by atoms with Gasteiger partial charge in [-0.05, 0) is 32.2 Å². The minimum atomic E-state index is 0.516. The second kappa shape index (κ2) is 8.05. The van der Waals surface area contributed by atoms with Gasteiger partial charge in [-0.15, -0.1) is 0 Å². The van der Waals surface area contributed by atoms with Gasteiger partial charge in [0.1, 0.15) is 0 Å². The third kappa shape index (κ3) is 5.47. The fraction of sp³-hybridized carbons (Fsp3) is 1.00. The van der Waals surface area contributed by atoms with Gasteiger partial charge in [0, 0.05) is 32.8 Å². The molecule has 15 heavy (non-hydrogen) atoms. The standard InChI is InChI=1S/C11H25N3O/c12-5-8-14(9-6-13)7-1-3-11-4-2-10-15-11/h11H,1-10,12-13H2. The summed E-state index contributed by atoms with van der Waals surface area (Å²) in [5.74, 6) is 0. The van der Waals surface area contributed by atoms with Crippen LogP contribution in [0.25, 0.3) is 0 Å². The molecule has 0 aromatic rings. The molecule has 0 saturated carbocycles. The van der Waals surface area contributed by atoms with E-state index < -0.39 is 0 Å². The van der Waals surface area contributed by atoms with Crippen molar-refractivity contribution in [3.05, 3.63) is 0 Å². The molecule has 1 atom stereocenters. The topological polar surface area (TPSA) is 64.5 Å². The van der Waals surface area contributed by atoms with Gasteiger partial charge in [0.05, 0.1) is 6.10 Å². The highest BCUT2D eigenvalue weighted by atomic mass is 16.5. The average Bonchev–Trinajstić information content (AvgIpc) is 2.71. The normalized spacial score (nSPS) is 21.4. The van der Waals surface area contributed by atoms with Crippen LogP contribution < -0.4 is 11.5 Å². The Morgan fingerprint density at radius 2 is 1.87 bits per heavy atom. The largest absolute Gasteiger partial charge is 0.378 e. The number of ether oxygens (including phenoxy) is 1. The van der Waals surface area contributed by atoms with E-state index in [4.69, 9.17) is 16.2 Å². The highest BCUT2D eigenvalue weighted by Gasteiger charge is 2.15. The molecule has 1 unspecified atom stereocenters. The van der Waals surface area contributed by atoms with Crippen LogP contribution in [0.3, 0.4) is 0 Å². The lowest BCUT2D eigenvalue weighted by Crippen LogP contribution is -2.34. The van der Waals surface area contributed by atoms with E-state index in [1.54, 1.807) is 0 Å². The minimum absolute atomic E-state index is 0.516. The Balaban J connectivity index is 2.04. The van der Waals surface area contributed by atoms with Crippen LogP contribution in [0.15, 0.2) is 0 Å². The van der Waals surface area contributed by atoms with Crippen molar-refractivity contribution in [3.8, 4) is 0 Å². The van der Waals surface area contributed by atoms with Gasteiger partial charge in [-0.25, -0.2) is 0 Å². The molecule has 0 spiro atoms. The predicted molar refractivity (Wildman–Crippen MR) is 62.8 cm³/mol. The van der Waals surface area contributed by atoms with Crippen molar-refractivity contribution in [3.63, 3.8) is 0 Å². The van der Waals surface area contributed by atoms with Gasteiger partial charge in [-0.3, -0.25) is 0 Å². The van der Waals surface area contributed by atoms with Gasteiger partial charge < -0.3 is 21.1 Å². The SMILES string of the molecule is NCCN(CCN)CCCC1CCCO1. The summed E-state index contributed by atoms with van der Waals surface area (Å²) in [5.41, 5.74) is 11.1. The first-order valence-corrected chi connectivity index (χ1v) is 6.11. The summed E-state index contributed by atoms with van der Waals surface area (Å²) in [4.78, 5) is 2.34. The van der Waals surface area contributed by atoms with E-state index in [2.05, 4.69) is 4.90 Å². The molecule has 1 rings (SSSR count). The van der Waals surface area contributed by atoms with Crippen molar-refractivity contribution in [1.82, 2.24) is 4.90 Å². The summed E-state index contributed by atoms with van der Waals surface area (Å²) in [6, 6.07) is 0. The van der Waals surface area contributed by atoms with Crippen molar-refractivity contribution in [2.24, 2.45) is 11.5 Å². The lowest BCUT2D eigenvalue weighted by molar-refractivity contribution is 0.0989. The molecule has 0 amide bonds. The highest BCUT2D eigenvalue weighted by Crippen LogP contribution is 2.16. The van der Waals surface area contributed by atoms with Gasteiger partial charge >= 0.3 is 0 Å². The lowest BCUT2D eigenvalue weighted by Gasteiger charge is -2.21. The minimum Gasteiger partial charge on any atom is -0.378 e. The second-order valence-corrected chi connectivity index (χ2v) is 4.20. The van der Waals surface area contributed by atoms with E-state index in [1.807, 2.05) is 0 Å². The Morgan fingerprint density at radius 3 is 2.40 bits per heavy atom. The van der Waals surface area contributed by atoms with Crippen molar-refractivity contribution < 1.29 is 4.74 Å². The Hall–Kier alpha value is -0.160. The van der Waals surface area contributed by atoms with Gasteiger partial charge in [-0.2, -0.15) is 0 Å². The average molecular weight is 215 g/mol. The molecule has 90 valence electrons. The molecule has 1 saturated heterocycles. The molecule has 4 nitrogen and oxygen atoms in total. The number of nitrogens with two attached hydrogens (primary N) is 2. The molecule has 0 bridgehead atoms. The number of hydrogen-bond acceptors (Lipinski definition) is 4. The summed E-state index contributed by atoms with van der Waals surface area (Å²) >= 11 is 0. The Morgan fingerprint density at radius 1 is 1.13 bits per heavy atom. The molecule has 0 aromatic carbocycles. The summed E-state index contributed by atoms with van der Waals surface area (Å²) in [5, 5.41) is 0. The third-order valence-electron chi connectivity index (χ3n) is 2.92. The molecular formula is C11H25N3O. The van der Waals surface area contributed by atoms with E-state index >= 15 is 0 Å². The van der Waals surface area contributed by atoms with Crippen LogP contribution in [0.5, 0.6) is 0 Å². The summed E-state index contributed by atoms with van der Waals surface area (Å²) in [7, 11) is 0. The van der Waals surface area contributed by atoms with Crippen LogP contribution in [0, 0.1) is 0 Å². The van der Waals surface area contributed by atoms with Gasteiger partial charge in [0.2, 0.25) is 0 Å². The fourth-order valence-electron chi connectivity index (χ4n) is 2.12. The maximum atomic E-state index is 5.59. The third-order valence-corrected chi connectivity index (χ3v) is 2.92. The van der Waals surface area contributed by atoms with Crippen LogP contribution in [0.4, 0.5) is 0 Å². The zero-order chi connectivity index (χ0) is 10.9. The van der Waals surface area contributed by atoms with Gasteiger partial charge in [0.15, 0.2) is 0 Å². The van der Waals surface area contributed by atoms with Crippen LogP contribution in [-0.4, -0.2) is 50.3 Å². The van der Waals surface area contributed by atoms with E-state index in [0.717, 1.165) is 39.3 Å². The molecule has 1 fully saturated rings. The maximum Gasteiger partial charge on any atom is 0.0576 e. The molecule has 1 aliphatic heterocycles. The van der Waals surface area contributed by atoms with Crippen molar-refractivity contribution in [1.29, 1.82) is 0 Å². The van der Waals surface area contributed by atoms with Gasteiger partial charge in [0.25, 0.3) is 0 Å². The Bertz CT molecular complexity index is 143. The molecule has 1 heterocycles. The molecular weight excluding hydrogens is 190 g/mol. The van der Waals surface area contributed by atoms with E-state index in [0.29, 0.717) is 6.10 Å². The number of hydrogen-bond donors (Lipinski definition) is 2. The first kappa shape index (κ1) is 12.9. The molecule has 4 heteroatoms. The Labute approximate surface area is 92.9 Å². The molecule has 0 radical (unpaired) electrons. The van der Waals surface area contributed by atoms with Crippen LogP contribution in [-0.2, 0) is 4.74 Å². The maximum absolute atomic E-state index is 5.59. The highest BCUT2D eigenvalue weighted by molar-refractivity contribution is 4.66. The fourth-order valence-corrected chi connectivity index (χ4v) is 2.12. The predicted octanol–water partition coefficient (Wildman–Crippen LogP) is 0.165. The Kier molecular flexibility index (Phi) is 6.92. The van der Waals surface area contributed by atoms with Crippen molar-refractivity contribution >= 4 is 0 Å². The van der Waals surface area contributed by atoms with Crippen LogP contribution >= 0.6 is 0 Å². The lowest BCUT2D eigenvalue weighted by atomic mass is 10.1. The summed E-state index contributed by atoms with van der Waals surface area (Å²) < 4.78 is 5.59. The zero-order valence-electron chi connectivity index (χ0n) is 9.66. The zero-order valence-corrected chi connectivity index (χ0v) is 9.66. The quantitative estimate of drug-likeness (QED) is 0.605. The first-order chi connectivity index (χ1) is 7.36. The second-order valence-electron chi connectivity index (χ2n) is 4.20. The monoisotopic (exact) mass is 215 g/mol. The number of nitrogens with zero attached hydrogens (tertiary/aromatic N) is 1. The van der Waals surface area contributed by atoms with Gasteiger partial charge in [-0.1, -0.05) is 0 Å². The summed E-state index contributed by atoms with van der Waals surface area (Å²) in [6.45, 7) is 5.43. The smallest absolute Gasteiger partial charge is 0.0576 e. The van der Waals surface area contributed by atoms with E-state index in [-0.39, 0.29) is 0 Å². The first-order valence-electron chi connectivity index (χ1n) is 6.11. The van der Waals surface area contributed by atoms with Crippen molar-refractivity contribution in [2.75, 3.05) is 39.3 Å². The molecule has 1 aliphatic rings. The van der Waals surface area contributed by atoms with Crippen molar-refractivity contribution in [2.45, 2.75) is 31.8 Å². The number of rotatable bonds is 8.